The molecule has 2 aliphatic rings. The van der Waals surface area contributed by atoms with Gasteiger partial charge in [-0.15, -0.1) is 10.2 Å². The molecule has 2 aliphatic heterocycles. The van der Waals surface area contributed by atoms with Gasteiger partial charge in [0.1, 0.15) is 11.6 Å². The second-order valence-corrected chi connectivity index (χ2v) is 8.34. The van der Waals surface area contributed by atoms with Gasteiger partial charge in [-0.1, -0.05) is 6.07 Å². The number of carbonyl (C=O) groups is 1. The molecule has 0 bridgehead atoms. The topological polar surface area (TPSA) is 63.1 Å². The van der Waals surface area contributed by atoms with Crippen molar-refractivity contribution in [2.75, 3.05) is 18.4 Å². The Hall–Kier alpha value is -2.58. The van der Waals surface area contributed by atoms with Crippen LogP contribution in [0.4, 0.5) is 10.1 Å². The molecule has 8 heteroatoms. The Balaban J connectivity index is 1.29. The first kappa shape index (κ1) is 17.5. The fourth-order valence-electron chi connectivity index (χ4n) is 4.31. The van der Waals surface area contributed by atoms with Crippen LogP contribution in [-0.2, 0) is 19.5 Å². The second kappa shape index (κ2) is 7.10. The van der Waals surface area contributed by atoms with Crippen molar-refractivity contribution >= 4 is 22.9 Å². The molecule has 0 spiro atoms. The molecule has 1 amide bonds. The number of nitrogens with one attached hydrogen (secondary N) is 1. The van der Waals surface area contributed by atoms with E-state index in [1.807, 2.05) is 4.57 Å². The number of aromatic nitrogens is 3. The van der Waals surface area contributed by atoms with Gasteiger partial charge in [0, 0.05) is 38.3 Å². The van der Waals surface area contributed by atoms with Crippen molar-refractivity contribution in [1.82, 2.24) is 19.7 Å². The molecular formula is C20H20FN5OS. The van der Waals surface area contributed by atoms with Gasteiger partial charge in [0.15, 0.2) is 0 Å². The molecule has 1 N–H and O–H groups in total. The minimum atomic E-state index is -0.388. The molecule has 5 rings (SSSR count). The number of rotatable bonds is 4. The zero-order valence-corrected chi connectivity index (χ0v) is 16.0. The lowest BCUT2D eigenvalue weighted by atomic mass is 9.89. The van der Waals surface area contributed by atoms with E-state index >= 15 is 0 Å². The molecular weight excluding hydrogens is 377 g/mol. The highest BCUT2D eigenvalue weighted by atomic mass is 32.1. The third-order valence-electron chi connectivity index (χ3n) is 5.61. The van der Waals surface area contributed by atoms with Crippen LogP contribution in [0.5, 0.6) is 0 Å². The van der Waals surface area contributed by atoms with Gasteiger partial charge in [0.2, 0.25) is 5.82 Å². The first-order chi connectivity index (χ1) is 13.7. The standard InChI is InChI=1S/C20H20FN5OS/c21-16-2-1-3-17(7-16)22-20(27)19-24-23-18-6-14-9-25(8-13-4-5-28-12-13)10-15(14)11-26(18)19/h1-5,7,12,14-15H,6,8-11H2,(H,22,27). The smallest absolute Gasteiger partial charge is 0.293 e. The number of nitrogens with zero attached hydrogens (tertiary/aromatic N) is 4. The number of hydrogen-bond donors (Lipinski definition) is 1. The van der Waals surface area contributed by atoms with Crippen LogP contribution in [0, 0.1) is 17.7 Å². The van der Waals surface area contributed by atoms with Crippen LogP contribution >= 0.6 is 11.3 Å². The number of amides is 1. The van der Waals surface area contributed by atoms with E-state index in [1.54, 1.807) is 23.5 Å². The van der Waals surface area contributed by atoms with E-state index < -0.39 is 0 Å². The summed E-state index contributed by atoms with van der Waals surface area (Å²) in [6.45, 7) is 3.80. The fraction of sp³-hybridized carbons (Fsp3) is 0.350. The Morgan fingerprint density at radius 1 is 1.21 bits per heavy atom. The van der Waals surface area contributed by atoms with Crippen molar-refractivity contribution in [3.63, 3.8) is 0 Å². The molecule has 1 fully saturated rings. The van der Waals surface area contributed by atoms with Crippen LogP contribution in [-0.4, -0.2) is 38.7 Å². The molecule has 0 radical (unpaired) electrons. The van der Waals surface area contributed by atoms with E-state index in [9.17, 15) is 9.18 Å². The monoisotopic (exact) mass is 397 g/mol. The molecule has 1 aromatic carbocycles. The van der Waals surface area contributed by atoms with Gasteiger partial charge in [-0.05, 0) is 52.4 Å². The molecule has 3 aromatic rings. The van der Waals surface area contributed by atoms with E-state index in [0.29, 0.717) is 23.3 Å². The van der Waals surface area contributed by atoms with E-state index in [2.05, 4.69) is 37.2 Å². The summed E-state index contributed by atoms with van der Waals surface area (Å²) in [7, 11) is 0. The third kappa shape index (κ3) is 3.33. The van der Waals surface area contributed by atoms with Crippen LogP contribution in [0.2, 0.25) is 0 Å². The highest BCUT2D eigenvalue weighted by molar-refractivity contribution is 7.07. The number of carbonyl (C=O) groups excluding carboxylic acids is 1. The highest BCUT2D eigenvalue weighted by Crippen LogP contribution is 2.33. The zero-order valence-electron chi connectivity index (χ0n) is 15.2. The summed E-state index contributed by atoms with van der Waals surface area (Å²) in [6, 6.07) is 8.03. The lowest BCUT2D eigenvalue weighted by molar-refractivity contribution is 0.100. The average molecular weight is 397 g/mol. The first-order valence-electron chi connectivity index (χ1n) is 9.38. The minimum absolute atomic E-state index is 0.300. The molecule has 2 atom stereocenters. The normalized spacial score (nSPS) is 21.3. The number of fused-ring (bicyclic) bond motifs is 2. The van der Waals surface area contributed by atoms with Crippen molar-refractivity contribution in [2.45, 2.75) is 19.5 Å². The van der Waals surface area contributed by atoms with Crippen molar-refractivity contribution in [3.8, 4) is 0 Å². The zero-order chi connectivity index (χ0) is 19.1. The number of thiophene rings is 1. The summed E-state index contributed by atoms with van der Waals surface area (Å²) in [5.74, 6) is 1.46. The molecule has 4 heterocycles. The van der Waals surface area contributed by atoms with Gasteiger partial charge in [-0.3, -0.25) is 9.69 Å². The van der Waals surface area contributed by atoms with E-state index in [4.69, 9.17) is 0 Å². The van der Waals surface area contributed by atoms with Gasteiger partial charge in [0.05, 0.1) is 0 Å². The Morgan fingerprint density at radius 3 is 2.93 bits per heavy atom. The number of likely N-dealkylation sites (tertiary alicyclic amines) is 1. The number of hydrogen-bond acceptors (Lipinski definition) is 5. The fourth-order valence-corrected chi connectivity index (χ4v) is 4.97. The van der Waals surface area contributed by atoms with Crippen molar-refractivity contribution in [1.29, 1.82) is 0 Å². The van der Waals surface area contributed by atoms with E-state index in [0.717, 1.165) is 38.4 Å². The average Bonchev–Trinajstić information content (AvgIpc) is 3.39. The molecule has 1 saturated heterocycles. The maximum atomic E-state index is 13.4. The quantitative estimate of drug-likeness (QED) is 0.735. The Kier molecular flexibility index (Phi) is 4.44. The molecule has 2 aromatic heterocycles. The van der Waals surface area contributed by atoms with Crippen LogP contribution in [0.1, 0.15) is 22.0 Å². The number of benzene rings is 1. The summed E-state index contributed by atoms with van der Waals surface area (Å²) in [5.41, 5.74) is 1.78. The van der Waals surface area contributed by atoms with Crippen LogP contribution in [0.25, 0.3) is 0 Å². The summed E-state index contributed by atoms with van der Waals surface area (Å²) in [4.78, 5) is 15.2. The largest absolute Gasteiger partial charge is 0.319 e. The van der Waals surface area contributed by atoms with Gasteiger partial charge in [0.25, 0.3) is 5.91 Å². The van der Waals surface area contributed by atoms with Crippen LogP contribution in [0.3, 0.4) is 0 Å². The van der Waals surface area contributed by atoms with Crippen molar-refractivity contribution in [2.24, 2.45) is 11.8 Å². The Morgan fingerprint density at radius 2 is 2.11 bits per heavy atom. The van der Waals surface area contributed by atoms with Crippen LogP contribution < -0.4 is 5.32 Å². The van der Waals surface area contributed by atoms with Crippen LogP contribution in [0.15, 0.2) is 41.1 Å². The number of halogens is 1. The first-order valence-corrected chi connectivity index (χ1v) is 10.3. The Bertz CT molecular complexity index is 1000. The SMILES string of the molecule is O=C(Nc1cccc(F)c1)c1nnc2n1CC1CN(Cc3ccsc3)CC1C2. The molecule has 0 saturated carbocycles. The maximum Gasteiger partial charge on any atom is 0.293 e. The van der Waals surface area contributed by atoms with Gasteiger partial charge < -0.3 is 9.88 Å². The lowest BCUT2D eigenvalue weighted by Gasteiger charge is -2.25. The predicted octanol–water partition coefficient (Wildman–Crippen LogP) is 3.04. The number of anilines is 1. The molecule has 28 heavy (non-hydrogen) atoms. The molecule has 2 unspecified atom stereocenters. The summed E-state index contributed by atoms with van der Waals surface area (Å²) < 4.78 is 15.3. The summed E-state index contributed by atoms with van der Waals surface area (Å²) in [6.07, 6.45) is 0.838. The molecule has 6 nitrogen and oxygen atoms in total. The van der Waals surface area contributed by atoms with Crippen molar-refractivity contribution < 1.29 is 9.18 Å². The van der Waals surface area contributed by atoms with E-state index in [-0.39, 0.29) is 11.7 Å². The summed E-state index contributed by atoms with van der Waals surface area (Å²) >= 11 is 1.73. The highest BCUT2D eigenvalue weighted by Gasteiger charge is 2.39. The van der Waals surface area contributed by atoms with Gasteiger partial charge in [-0.2, -0.15) is 11.3 Å². The van der Waals surface area contributed by atoms with Gasteiger partial charge >= 0.3 is 0 Å². The second-order valence-electron chi connectivity index (χ2n) is 7.56. The summed E-state index contributed by atoms with van der Waals surface area (Å²) in [5, 5.41) is 15.4. The van der Waals surface area contributed by atoms with Crippen molar-refractivity contribution in [3.05, 3.63) is 64.1 Å². The van der Waals surface area contributed by atoms with E-state index in [1.165, 1.54) is 17.7 Å². The maximum absolute atomic E-state index is 13.4. The lowest BCUT2D eigenvalue weighted by Crippen LogP contribution is -2.31. The van der Waals surface area contributed by atoms with Gasteiger partial charge in [-0.25, -0.2) is 4.39 Å². The minimum Gasteiger partial charge on any atom is -0.319 e. The molecule has 144 valence electrons. The molecule has 0 aliphatic carbocycles. The Labute approximate surface area is 166 Å². The predicted molar refractivity (Wildman–Crippen MR) is 105 cm³/mol. The third-order valence-corrected chi connectivity index (χ3v) is 6.35.